The predicted molar refractivity (Wildman–Crippen MR) is 81.6 cm³/mol. The van der Waals surface area contributed by atoms with Crippen LogP contribution in [0.2, 0.25) is 0 Å². The molecule has 1 saturated carbocycles. The van der Waals surface area contributed by atoms with Gasteiger partial charge in [0.05, 0.1) is 0 Å². The van der Waals surface area contributed by atoms with Gasteiger partial charge >= 0.3 is 0 Å². The van der Waals surface area contributed by atoms with E-state index < -0.39 is 0 Å². The molecule has 0 amide bonds. The van der Waals surface area contributed by atoms with Gasteiger partial charge in [-0.25, -0.2) is 0 Å². The number of likely N-dealkylation sites (N-methyl/N-ethyl adjacent to an activating group) is 1. The Kier molecular flexibility index (Phi) is 3.79. The number of fused-ring (bicyclic) bond motifs is 1. The smallest absolute Gasteiger partial charge is 0.0429 e. The molecule has 1 aliphatic carbocycles. The van der Waals surface area contributed by atoms with Crippen molar-refractivity contribution in [3.63, 3.8) is 0 Å². The third kappa shape index (κ3) is 2.94. The summed E-state index contributed by atoms with van der Waals surface area (Å²) in [6, 6.07) is 10.1. The van der Waals surface area contributed by atoms with Crippen molar-refractivity contribution in [1.29, 1.82) is 0 Å². The Balaban J connectivity index is 1.53. The number of rotatable bonds is 3. The van der Waals surface area contributed by atoms with Crippen molar-refractivity contribution in [2.75, 3.05) is 18.9 Å². The van der Waals surface area contributed by atoms with Crippen LogP contribution in [0, 0.1) is 5.92 Å². The fraction of sp³-hybridized carbons (Fsp3) is 0.647. The zero-order valence-corrected chi connectivity index (χ0v) is 12.2. The molecule has 0 saturated heterocycles. The van der Waals surface area contributed by atoms with Gasteiger partial charge in [0.25, 0.3) is 0 Å². The first kappa shape index (κ1) is 13.0. The lowest BCUT2D eigenvalue weighted by Crippen LogP contribution is -2.41. The number of nitrogens with one attached hydrogen (secondary N) is 1. The molecule has 3 rings (SSSR count). The number of para-hydroxylation sites is 1. The van der Waals surface area contributed by atoms with Crippen molar-refractivity contribution in [1.82, 2.24) is 4.90 Å². The van der Waals surface area contributed by atoms with Crippen molar-refractivity contribution >= 4 is 5.69 Å². The largest absolute Gasteiger partial charge is 0.380 e. The Morgan fingerprint density at radius 3 is 2.63 bits per heavy atom. The zero-order valence-electron chi connectivity index (χ0n) is 12.2. The van der Waals surface area contributed by atoms with Crippen LogP contribution in [0.3, 0.4) is 0 Å². The highest BCUT2D eigenvalue weighted by atomic mass is 15.2. The maximum absolute atomic E-state index is 3.67. The maximum Gasteiger partial charge on any atom is 0.0429 e. The molecule has 0 radical (unpaired) electrons. The van der Waals surface area contributed by atoms with Gasteiger partial charge in [0, 0.05) is 24.3 Å². The van der Waals surface area contributed by atoms with Gasteiger partial charge in [-0.3, -0.25) is 0 Å². The van der Waals surface area contributed by atoms with E-state index in [9.17, 15) is 0 Å². The fourth-order valence-electron chi connectivity index (χ4n) is 3.67. The quantitative estimate of drug-likeness (QED) is 0.892. The minimum atomic E-state index is 0.599. The Morgan fingerprint density at radius 1 is 1.16 bits per heavy atom. The summed E-state index contributed by atoms with van der Waals surface area (Å²) in [4.78, 5) is 2.59. The van der Waals surface area contributed by atoms with E-state index in [-0.39, 0.29) is 0 Å². The molecule has 1 fully saturated rings. The summed E-state index contributed by atoms with van der Waals surface area (Å²) < 4.78 is 0. The minimum absolute atomic E-state index is 0.599. The molecule has 104 valence electrons. The molecular weight excluding hydrogens is 232 g/mol. The van der Waals surface area contributed by atoms with Crippen molar-refractivity contribution in [3.05, 3.63) is 29.8 Å². The van der Waals surface area contributed by atoms with E-state index in [1.165, 1.54) is 49.9 Å². The summed E-state index contributed by atoms with van der Waals surface area (Å²) in [5, 5.41) is 3.67. The number of hydrogen-bond donors (Lipinski definition) is 1. The van der Waals surface area contributed by atoms with Gasteiger partial charge in [0.1, 0.15) is 0 Å². The monoisotopic (exact) mass is 258 g/mol. The lowest BCUT2D eigenvalue weighted by atomic mass is 9.86. The summed E-state index contributed by atoms with van der Waals surface area (Å²) in [7, 11) is 2.31. The SMILES string of the molecule is CC1CCC(N(C)CC2Cc3ccccc3N2)CC1. The van der Waals surface area contributed by atoms with Gasteiger partial charge in [-0.2, -0.15) is 0 Å². The normalized spacial score (nSPS) is 30.2. The Hall–Kier alpha value is -1.02. The Labute approximate surface area is 117 Å². The number of nitrogens with zero attached hydrogens (tertiary/aromatic N) is 1. The van der Waals surface area contributed by atoms with Gasteiger partial charge in [0.15, 0.2) is 0 Å². The highest BCUT2D eigenvalue weighted by Gasteiger charge is 2.26. The molecule has 1 unspecified atom stereocenters. The van der Waals surface area contributed by atoms with Gasteiger partial charge < -0.3 is 10.2 Å². The van der Waals surface area contributed by atoms with Crippen LogP contribution in [-0.4, -0.2) is 30.6 Å². The molecule has 1 N–H and O–H groups in total. The average molecular weight is 258 g/mol. The van der Waals surface area contributed by atoms with Crippen LogP contribution in [0.5, 0.6) is 0 Å². The summed E-state index contributed by atoms with van der Waals surface area (Å²) in [5.74, 6) is 0.943. The first-order chi connectivity index (χ1) is 9.22. The first-order valence-electron chi connectivity index (χ1n) is 7.77. The van der Waals surface area contributed by atoms with Crippen molar-refractivity contribution in [3.8, 4) is 0 Å². The number of benzene rings is 1. The molecule has 1 aromatic carbocycles. The molecule has 1 atom stereocenters. The van der Waals surface area contributed by atoms with Crippen molar-refractivity contribution in [2.45, 2.75) is 51.1 Å². The standard InChI is InChI=1S/C17H26N2/c1-13-7-9-16(10-8-13)19(2)12-15-11-14-5-3-4-6-17(14)18-15/h3-6,13,15-16,18H,7-12H2,1-2H3. The third-order valence-electron chi connectivity index (χ3n) is 4.96. The molecule has 1 heterocycles. The molecule has 0 aromatic heterocycles. The molecule has 2 aliphatic rings. The molecule has 1 aromatic rings. The maximum atomic E-state index is 3.67. The second kappa shape index (κ2) is 5.54. The molecule has 1 aliphatic heterocycles. The summed E-state index contributed by atoms with van der Waals surface area (Å²) >= 11 is 0. The van der Waals surface area contributed by atoms with E-state index in [2.05, 4.69) is 48.5 Å². The minimum Gasteiger partial charge on any atom is -0.380 e. The van der Waals surface area contributed by atoms with Crippen molar-refractivity contribution < 1.29 is 0 Å². The van der Waals surface area contributed by atoms with E-state index in [1.807, 2.05) is 0 Å². The van der Waals surface area contributed by atoms with Crippen molar-refractivity contribution in [2.24, 2.45) is 5.92 Å². The van der Waals surface area contributed by atoms with Gasteiger partial charge in [0.2, 0.25) is 0 Å². The summed E-state index contributed by atoms with van der Waals surface area (Å²) in [6.45, 7) is 3.57. The van der Waals surface area contributed by atoms with Gasteiger partial charge in [-0.15, -0.1) is 0 Å². The molecule has 2 nitrogen and oxygen atoms in total. The van der Waals surface area contributed by atoms with E-state index in [0.717, 1.165) is 12.0 Å². The topological polar surface area (TPSA) is 15.3 Å². The highest BCUT2D eigenvalue weighted by Crippen LogP contribution is 2.29. The van der Waals surface area contributed by atoms with Crippen LogP contribution in [0.25, 0.3) is 0 Å². The second-order valence-electron chi connectivity index (χ2n) is 6.56. The Bertz CT molecular complexity index is 396. The third-order valence-corrected chi connectivity index (χ3v) is 4.96. The van der Waals surface area contributed by atoms with E-state index in [0.29, 0.717) is 6.04 Å². The molecular formula is C17H26N2. The second-order valence-corrected chi connectivity index (χ2v) is 6.56. The molecule has 0 bridgehead atoms. The van der Waals surface area contributed by atoms with Gasteiger partial charge in [-0.1, -0.05) is 25.1 Å². The summed E-state index contributed by atoms with van der Waals surface area (Å²) in [6.07, 6.45) is 6.78. The predicted octanol–water partition coefficient (Wildman–Crippen LogP) is 3.53. The summed E-state index contributed by atoms with van der Waals surface area (Å²) in [5.41, 5.74) is 2.83. The molecule has 19 heavy (non-hydrogen) atoms. The van der Waals surface area contributed by atoms with Crippen LogP contribution in [-0.2, 0) is 6.42 Å². The zero-order chi connectivity index (χ0) is 13.2. The van der Waals surface area contributed by atoms with Gasteiger partial charge in [-0.05, 0) is 56.7 Å². The highest BCUT2D eigenvalue weighted by molar-refractivity contribution is 5.56. The van der Waals surface area contributed by atoms with Crippen LogP contribution in [0.1, 0.15) is 38.2 Å². The fourth-order valence-corrected chi connectivity index (χ4v) is 3.67. The van der Waals surface area contributed by atoms with Crippen LogP contribution >= 0.6 is 0 Å². The average Bonchev–Trinajstić information content (AvgIpc) is 2.81. The molecule has 2 heteroatoms. The number of hydrogen-bond acceptors (Lipinski definition) is 2. The Morgan fingerprint density at radius 2 is 1.89 bits per heavy atom. The number of anilines is 1. The lowest BCUT2D eigenvalue weighted by molar-refractivity contribution is 0.165. The van der Waals surface area contributed by atoms with E-state index >= 15 is 0 Å². The van der Waals surface area contributed by atoms with E-state index in [1.54, 1.807) is 0 Å². The van der Waals surface area contributed by atoms with Crippen LogP contribution in [0.4, 0.5) is 5.69 Å². The van der Waals surface area contributed by atoms with E-state index in [4.69, 9.17) is 0 Å². The van der Waals surface area contributed by atoms with Crippen LogP contribution in [0.15, 0.2) is 24.3 Å². The van der Waals surface area contributed by atoms with Crippen LogP contribution < -0.4 is 5.32 Å². The first-order valence-corrected chi connectivity index (χ1v) is 7.77. The lowest BCUT2D eigenvalue weighted by Gasteiger charge is -2.35. The molecule has 0 spiro atoms.